The fourth-order valence-electron chi connectivity index (χ4n) is 1.60. The van der Waals surface area contributed by atoms with Crippen molar-refractivity contribution < 1.29 is 9.47 Å². The molecule has 0 aliphatic heterocycles. The Hall–Kier alpha value is -0.780. The highest BCUT2D eigenvalue weighted by molar-refractivity contribution is 5.07. The minimum atomic E-state index is -0.544. The molecule has 0 radical (unpaired) electrons. The van der Waals surface area contributed by atoms with E-state index < -0.39 is 5.60 Å². The van der Waals surface area contributed by atoms with Crippen molar-refractivity contribution in [3.05, 3.63) is 11.6 Å². The molecule has 2 nitrogen and oxygen atoms in total. The summed E-state index contributed by atoms with van der Waals surface area (Å²) < 4.78 is 11.4. The summed E-state index contributed by atoms with van der Waals surface area (Å²) in [6.07, 6.45) is 11.4. The van der Waals surface area contributed by atoms with E-state index in [1.807, 2.05) is 13.8 Å². The lowest BCUT2D eigenvalue weighted by atomic mass is 10.00. The Kier molecular flexibility index (Phi) is 8.79. The predicted octanol–water partition coefficient (Wildman–Crippen LogP) is 4.30. The standard InChI is InChI=1S/C16H28O2/c1-7-9-13-17-15(5)18-16(6,8-2)12-10-11-14(3)4/h2,11,15H,7,9-10,12-13H2,1,3-6H3/t15-,16-/m1/s1. The van der Waals surface area contributed by atoms with Crippen LogP contribution in [0.15, 0.2) is 11.6 Å². The summed E-state index contributed by atoms with van der Waals surface area (Å²) >= 11 is 0. The van der Waals surface area contributed by atoms with Gasteiger partial charge in [-0.15, -0.1) is 6.42 Å². The van der Waals surface area contributed by atoms with E-state index in [9.17, 15) is 0 Å². The second-order valence-corrected chi connectivity index (χ2v) is 5.11. The molecular formula is C16H28O2. The molecule has 0 fully saturated rings. The molecule has 0 unspecified atom stereocenters. The molecule has 0 spiro atoms. The van der Waals surface area contributed by atoms with Gasteiger partial charge in [-0.05, 0) is 47.0 Å². The first-order chi connectivity index (χ1) is 8.43. The summed E-state index contributed by atoms with van der Waals surface area (Å²) in [4.78, 5) is 0. The molecule has 2 atom stereocenters. The molecule has 0 aliphatic carbocycles. The Morgan fingerprint density at radius 2 is 2.11 bits per heavy atom. The van der Waals surface area contributed by atoms with Gasteiger partial charge >= 0.3 is 0 Å². The molecule has 18 heavy (non-hydrogen) atoms. The monoisotopic (exact) mass is 252 g/mol. The van der Waals surface area contributed by atoms with Crippen LogP contribution in [0, 0.1) is 12.3 Å². The largest absolute Gasteiger partial charge is 0.353 e. The smallest absolute Gasteiger partial charge is 0.156 e. The molecule has 0 saturated carbocycles. The lowest BCUT2D eigenvalue weighted by Gasteiger charge is -2.27. The summed E-state index contributed by atoms with van der Waals surface area (Å²) in [7, 11) is 0. The second kappa shape index (κ2) is 9.19. The van der Waals surface area contributed by atoms with Gasteiger partial charge in [0.15, 0.2) is 6.29 Å². The van der Waals surface area contributed by atoms with Crippen molar-refractivity contribution >= 4 is 0 Å². The van der Waals surface area contributed by atoms with Gasteiger partial charge in [0.25, 0.3) is 0 Å². The molecule has 0 aromatic rings. The maximum atomic E-state index is 5.83. The van der Waals surface area contributed by atoms with Gasteiger partial charge < -0.3 is 9.47 Å². The first kappa shape index (κ1) is 17.2. The maximum Gasteiger partial charge on any atom is 0.156 e. The highest BCUT2D eigenvalue weighted by atomic mass is 16.7. The molecule has 0 aromatic heterocycles. The first-order valence-electron chi connectivity index (χ1n) is 6.84. The Morgan fingerprint density at radius 1 is 1.44 bits per heavy atom. The zero-order valence-electron chi connectivity index (χ0n) is 12.6. The van der Waals surface area contributed by atoms with Crippen molar-refractivity contribution in [3.8, 4) is 12.3 Å². The third-order valence-corrected chi connectivity index (χ3v) is 2.76. The van der Waals surface area contributed by atoms with Crippen LogP contribution in [0.1, 0.15) is 60.3 Å². The van der Waals surface area contributed by atoms with Gasteiger partial charge in [0.1, 0.15) is 5.60 Å². The van der Waals surface area contributed by atoms with Crippen LogP contribution >= 0.6 is 0 Å². The van der Waals surface area contributed by atoms with E-state index in [4.69, 9.17) is 15.9 Å². The van der Waals surface area contributed by atoms with Gasteiger partial charge in [-0.1, -0.05) is 30.9 Å². The lowest BCUT2D eigenvalue weighted by Crippen LogP contribution is -2.32. The molecule has 0 N–H and O–H groups in total. The quantitative estimate of drug-likeness (QED) is 0.263. The van der Waals surface area contributed by atoms with E-state index in [0.29, 0.717) is 0 Å². The minimum absolute atomic E-state index is 0.246. The zero-order chi connectivity index (χ0) is 14.0. The molecule has 0 amide bonds. The van der Waals surface area contributed by atoms with Crippen LogP contribution in [0.4, 0.5) is 0 Å². The van der Waals surface area contributed by atoms with Crippen LogP contribution in [0.25, 0.3) is 0 Å². The average Bonchev–Trinajstić information content (AvgIpc) is 2.28. The molecule has 0 rings (SSSR count). The summed E-state index contributed by atoms with van der Waals surface area (Å²) in [5.74, 6) is 2.74. The summed E-state index contributed by atoms with van der Waals surface area (Å²) in [6.45, 7) is 10.9. The Bertz CT molecular complexity index is 284. The van der Waals surface area contributed by atoms with E-state index in [0.717, 1.165) is 32.3 Å². The molecular weight excluding hydrogens is 224 g/mol. The molecule has 2 heteroatoms. The third-order valence-electron chi connectivity index (χ3n) is 2.76. The number of hydrogen-bond acceptors (Lipinski definition) is 2. The van der Waals surface area contributed by atoms with Crippen LogP contribution in [-0.2, 0) is 9.47 Å². The van der Waals surface area contributed by atoms with Gasteiger partial charge in [-0.25, -0.2) is 0 Å². The highest BCUT2D eigenvalue weighted by Crippen LogP contribution is 2.20. The number of terminal acetylenes is 1. The Morgan fingerprint density at radius 3 is 2.61 bits per heavy atom. The van der Waals surface area contributed by atoms with E-state index in [1.165, 1.54) is 5.57 Å². The van der Waals surface area contributed by atoms with Crippen molar-refractivity contribution in [2.45, 2.75) is 72.2 Å². The van der Waals surface area contributed by atoms with Crippen LogP contribution in [0.5, 0.6) is 0 Å². The van der Waals surface area contributed by atoms with Gasteiger partial charge in [-0.2, -0.15) is 0 Å². The molecule has 0 bridgehead atoms. The van der Waals surface area contributed by atoms with E-state index in [1.54, 1.807) is 0 Å². The molecule has 0 aliphatic rings. The summed E-state index contributed by atoms with van der Waals surface area (Å²) in [6, 6.07) is 0. The number of hydrogen-bond donors (Lipinski definition) is 0. The Balaban J connectivity index is 4.13. The van der Waals surface area contributed by atoms with Crippen molar-refractivity contribution in [1.82, 2.24) is 0 Å². The highest BCUT2D eigenvalue weighted by Gasteiger charge is 2.24. The fourth-order valence-corrected chi connectivity index (χ4v) is 1.60. The first-order valence-corrected chi connectivity index (χ1v) is 6.84. The van der Waals surface area contributed by atoms with Crippen molar-refractivity contribution in [1.29, 1.82) is 0 Å². The van der Waals surface area contributed by atoms with Crippen LogP contribution in [-0.4, -0.2) is 18.5 Å². The topological polar surface area (TPSA) is 18.5 Å². The molecule has 0 saturated heterocycles. The van der Waals surface area contributed by atoms with Crippen molar-refractivity contribution in [3.63, 3.8) is 0 Å². The maximum absolute atomic E-state index is 5.83. The van der Waals surface area contributed by atoms with E-state index in [-0.39, 0.29) is 6.29 Å². The number of rotatable bonds is 9. The normalized spacial score (nSPS) is 15.6. The van der Waals surface area contributed by atoms with E-state index >= 15 is 0 Å². The van der Waals surface area contributed by atoms with Gasteiger partial charge in [0.2, 0.25) is 0 Å². The predicted molar refractivity (Wildman–Crippen MR) is 77.3 cm³/mol. The van der Waals surface area contributed by atoms with Crippen LogP contribution < -0.4 is 0 Å². The summed E-state index contributed by atoms with van der Waals surface area (Å²) in [5, 5.41) is 0. The van der Waals surface area contributed by atoms with E-state index in [2.05, 4.69) is 32.8 Å². The fraction of sp³-hybridized carbons (Fsp3) is 0.750. The lowest BCUT2D eigenvalue weighted by molar-refractivity contribution is -0.179. The van der Waals surface area contributed by atoms with Crippen molar-refractivity contribution in [2.75, 3.05) is 6.61 Å². The Labute approximate surface area is 113 Å². The van der Waals surface area contributed by atoms with Crippen molar-refractivity contribution in [2.24, 2.45) is 0 Å². The average molecular weight is 252 g/mol. The van der Waals surface area contributed by atoms with Gasteiger partial charge in [0.05, 0.1) is 0 Å². The molecule has 0 aromatic carbocycles. The van der Waals surface area contributed by atoms with Crippen LogP contribution in [0.2, 0.25) is 0 Å². The molecule has 0 heterocycles. The zero-order valence-corrected chi connectivity index (χ0v) is 12.6. The second-order valence-electron chi connectivity index (χ2n) is 5.11. The third kappa shape index (κ3) is 8.33. The summed E-state index contributed by atoms with van der Waals surface area (Å²) in [5.41, 5.74) is 0.763. The molecule has 104 valence electrons. The minimum Gasteiger partial charge on any atom is -0.353 e. The number of unbranched alkanes of at least 4 members (excludes halogenated alkanes) is 1. The van der Waals surface area contributed by atoms with Gasteiger partial charge in [0, 0.05) is 6.61 Å². The van der Waals surface area contributed by atoms with Crippen LogP contribution in [0.3, 0.4) is 0 Å². The number of allylic oxidation sites excluding steroid dienone is 2. The van der Waals surface area contributed by atoms with Gasteiger partial charge in [-0.3, -0.25) is 0 Å². The number of ether oxygens (including phenoxy) is 2. The SMILES string of the molecule is C#C[C@](C)(CCC=C(C)C)O[C@H](C)OCCCC.